The zero-order valence-electron chi connectivity index (χ0n) is 10.6. The third-order valence-corrected chi connectivity index (χ3v) is 6.07. The van der Waals surface area contributed by atoms with Crippen molar-refractivity contribution in [3.63, 3.8) is 0 Å². The lowest BCUT2D eigenvalue weighted by molar-refractivity contribution is 0.591. The monoisotopic (exact) mass is 438 g/mol. The van der Waals surface area contributed by atoms with Gasteiger partial charge in [0.2, 0.25) is 9.84 Å². The van der Waals surface area contributed by atoms with Crippen molar-refractivity contribution >= 4 is 41.7 Å². The van der Waals surface area contributed by atoms with Crippen molar-refractivity contribution < 1.29 is 17.2 Å². The molecule has 2 nitrogen and oxygen atoms in total. The van der Waals surface area contributed by atoms with E-state index in [2.05, 4.69) is 31.9 Å². The van der Waals surface area contributed by atoms with Crippen LogP contribution in [-0.2, 0) is 20.5 Å². The highest BCUT2D eigenvalue weighted by molar-refractivity contribution is 9.08. The molecule has 21 heavy (non-hydrogen) atoms. The molecular weight excluding hydrogens is 430 g/mol. The Bertz CT molecular complexity index is 717. The Morgan fingerprint density at radius 3 is 1.52 bits per heavy atom. The molecule has 0 saturated carbocycles. The number of rotatable bonds is 4. The molecule has 0 aliphatic carbocycles. The van der Waals surface area contributed by atoms with Crippen molar-refractivity contribution in [1.29, 1.82) is 0 Å². The Morgan fingerprint density at radius 1 is 0.810 bits per heavy atom. The highest BCUT2D eigenvalue weighted by Gasteiger charge is 2.24. The van der Waals surface area contributed by atoms with Gasteiger partial charge in [-0.25, -0.2) is 17.2 Å². The molecule has 0 amide bonds. The molecule has 112 valence electrons. The summed E-state index contributed by atoms with van der Waals surface area (Å²) in [4.78, 5) is 0.0177. The lowest BCUT2D eigenvalue weighted by atomic mass is 10.2. The quantitative estimate of drug-likeness (QED) is 0.515. The standard InChI is InChI=1S/C14H10Br2F2O2S/c15-7-9-5-11(17)1-3-13(9)21(19,20)14-4-2-12(18)6-10(14)8-16/h1-6H,7-8H2. The van der Waals surface area contributed by atoms with Gasteiger partial charge >= 0.3 is 0 Å². The highest BCUT2D eigenvalue weighted by Crippen LogP contribution is 2.29. The number of halogens is 4. The van der Waals surface area contributed by atoms with E-state index in [1.54, 1.807) is 0 Å². The molecule has 2 rings (SSSR count). The van der Waals surface area contributed by atoms with Crippen LogP contribution in [0.4, 0.5) is 8.78 Å². The van der Waals surface area contributed by atoms with Crippen molar-refractivity contribution in [2.45, 2.75) is 20.5 Å². The molecule has 0 unspecified atom stereocenters. The van der Waals surface area contributed by atoms with E-state index in [0.29, 0.717) is 11.1 Å². The second-order valence-corrected chi connectivity index (χ2v) is 7.28. The zero-order valence-corrected chi connectivity index (χ0v) is 14.6. The topological polar surface area (TPSA) is 34.1 Å². The Hall–Kier alpha value is -0.790. The first-order chi connectivity index (χ1) is 9.90. The van der Waals surface area contributed by atoms with Gasteiger partial charge in [-0.05, 0) is 47.5 Å². The van der Waals surface area contributed by atoms with Crippen LogP contribution in [0.3, 0.4) is 0 Å². The van der Waals surface area contributed by atoms with E-state index >= 15 is 0 Å². The van der Waals surface area contributed by atoms with Crippen LogP contribution in [-0.4, -0.2) is 8.42 Å². The summed E-state index contributed by atoms with van der Waals surface area (Å²) in [7, 11) is -3.85. The van der Waals surface area contributed by atoms with Crippen molar-refractivity contribution in [2.75, 3.05) is 0 Å². The normalized spacial score (nSPS) is 11.6. The van der Waals surface area contributed by atoms with Crippen LogP contribution >= 0.6 is 31.9 Å². The Labute approximate surface area is 138 Å². The van der Waals surface area contributed by atoms with Gasteiger partial charge in [-0.3, -0.25) is 0 Å². The Balaban J connectivity index is 2.68. The fourth-order valence-corrected chi connectivity index (χ4v) is 4.93. The summed E-state index contributed by atoms with van der Waals surface area (Å²) in [5.41, 5.74) is 0.639. The molecule has 0 N–H and O–H groups in total. The molecule has 0 spiro atoms. The average Bonchev–Trinajstić information content (AvgIpc) is 2.46. The van der Waals surface area contributed by atoms with E-state index in [1.165, 1.54) is 24.3 Å². The van der Waals surface area contributed by atoms with Crippen molar-refractivity contribution in [1.82, 2.24) is 0 Å². The smallest absolute Gasteiger partial charge is 0.207 e. The van der Waals surface area contributed by atoms with E-state index in [4.69, 9.17) is 0 Å². The first-order valence-electron chi connectivity index (χ1n) is 5.84. The summed E-state index contributed by atoms with van der Waals surface area (Å²) < 4.78 is 52.0. The molecule has 0 atom stereocenters. The fraction of sp³-hybridized carbons (Fsp3) is 0.143. The minimum atomic E-state index is -3.85. The summed E-state index contributed by atoms with van der Waals surface area (Å²) >= 11 is 6.31. The molecule has 0 radical (unpaired) electrons. The fourth-order valence-electron chi connectivity index (χ4n) is 1.95. The molecule has 7 heteroatoms. The molecule has 0 bridgehead atoms. The Morgan fingerprint density at radius 2 is 1.19 bits per heavy atom. The van der Waals surface area contributed by atoms with Crippen LogP contribution in [0.2, 0.25) is 0 Å². The lowest BCUT2D eigenvalue weighted by Crippen LogP contribution is -2.08. The van der Waals surface area contributed by atoms with Gasteiger partial charge in [0.05, 0.1) is 9.79 Å². The van der Waals surface area contributed by atoms with E-state index in [9.17, 15) is 17.2 Å². The molecule has 0 fully saturated rings. The molecule has 0 saturated heterocycles. The van der Waals surface area contributed by atoms with Gasteiger partial charge in [-0.15, -0.1) is 0 Å². The second-order valence-electron chi connectivity index (χ2n) is 4.27. The maximum absolute atomic E-state index is 13.3. The van der Waals surface area contributed by atoms with Gasteiger partial charge in [-0.2, -0.15) is 0 Å². The van der Waals surface area contributed by atoms with E-state index in [0.717, 1.165) is 12.1 Å². The van der Waals surface area contributed by atoms with Crippen molar-refractivity contribution in [3.05, 3.63) is 59.2 Å². The van der Waals surface area contributed by atoms with E-state index in [1.807, 2.05) is 0 Å². The minimum Gasteiger partial charge on any atom is -0.218 e. The maximum atomic E-state index is 13.3. The molecule has 0 aliphatic heterocycles. The minimum absolute atomic E-state index is 0.00887. The van der Waals surface area contributed by atoms with Crippen LogP contribution < -0.4 is 0 Å². The summed E-state index contributed by atoms with van der Waals surface area (Å²) in [6, 6.07) is 6.97. The third-order valence-electron chi connectivity index (χ3n) is 2.91. The van der Waals surface area contributed by atoms with Crippen LogP contribution in [0.5, 0.6) is 0 Å². The highest BCUT2D eigenvalue weighted by atomic mass is 79.9. The van der Waals surface area contributed by atoms with Crippen molar-refractivity contribution in [2.24, 2.45) is 0 Å². The summed E-state index contributed by atoms with van der Waals surface area (Å²) in [5.74, 6) is -1.02. The van der Waals surface area contributed by atoms with E-state index in [-0.39, 0.29) is 20.5 Å². The SMILES string of the molecule is O=S(=O)(c1ccc(F)cc1CBr)c1ccc(F)cc1CBr. The van der Waals surface area contributed by atoms with Crippen LogP contribution in [0.1, 0.15) is 11.1 Å². The molecule has 0 heterocycles. The zero-order chi connectivity index (χ0) is 15.6. The van der Waals surface area contributed by atoms with Crippen LogP contribution in [0.15, 0.2) is 46.2 Å². The average molecular weight is 440 g/mol. The van der Waals surface area contributed by atoms with Gasteiger partial charge in [0.15, 0.2) is 0 Å². The third kappa shape index (κ3) is 3.35. The number of alkyl halides is 2. The van der Waals surface area contributed by atoms with Crippen LogP contribution in [0, 0.1) is 11.6 Å². The predicted molar refractivity (Wildman–Crippen MR) is 83.5 cm³/mol. The number of hydrogen-bond acceptors (Lipinski definition) is 2. The first-order valence-corrected chi connectivity index (χ1v) is 9.56. The lowest BCUT2D eigenvalue weighted by Gasteiger charge is -2.12. The van der Waals surface area contributed by atoms with Gasteiger partial charge < -0.3 is 0 Å². The molecule has 2 aromatic rings. The maximum Gasteiger partial charge on any atom is 0.207 e. The molecule has 2 aromatic carbocycles. The van der Waals surface area contributed by atoms with Gasteiger partial charge in [0.25, 0.3) is 0 Å². The van der Waals surface area contributed by atoms with Gasteiger partial charge in [0, 0.05) is 10.7 Å². The largest absolute Gasteiger partial charge is 0.218 e. The number of benzene rings is 2. The van der Waals surface area contributed by atoms with Gasteiger partial charge in [-0.1, -0.05) is 31.9 Å². The first kappa shape index (κ1) is 16.6. The number of sulfone groups is 1. The molecule has 0 aromatic heterocycles. The second kappa shape index (κ2) is 6.54. The van der Waals surface area contributed by atoms with Crippen molar-refractivity contribution in [3.8, 4) is 0 Å². The molecular formula is C14H10Br2F2O2S. The summed E-state index contributed by atoms with van der Waals surface area (Å²) in [6.07, 6.45) is 0. The predicted octanol–water partition coefficient (Wildman–Crippen LogP) is 4.59. The summed E-state index contributed by atoms with van der Waals surface area (Å²) in [5, 5.41) is 0.397. The summed E-state index contributed by atoms with van der Waals surface area (Å²) in [6.45, 7) is 0. The number of hydrogen-bond donors (Lipinski definition) is 0. The molecule has 0 aliphatic rings. The van der Waals surface area contributed by atoms with Gasteiger partial charge in [0.1, 0.15) is 11.6 Å². The van der Waals surface area contributed by atoms with E-state index < -0.39 is 21.5 Å². The Kier molecular flexibility index (Phi) is 5.16. The van der Waals surface area contributed by atoms with Crippen LogP contribution in [0.25, 0.3) is 0 Å².